The topological polar surface area (TPSA) is 94.7 Å². The molecule has 8 heteroatoms. The van der Waals surface area contributed by atoms with E-state index >= 15 is 0 Å². The van der Waals surface area contributed by atoms with Crippen LogP contribution in [-0.2, 0) is 10.4 Å². The molecule has 2 heterocycles. The van der Waals surface area contributed by atoms with Crippen LogP contribution in [0.3, 0.4) is 0 Å². The zero-order valence-electron chi connectivity index (χ0n) is 21.0. The Hall–Kier alpha value is -3.29. The minimum Gasteiger partial charge on any atom is -0.496 e. The lowest BCUT2D eigenvalue weighted by molar-refractivity contribution is -0.154. The summed E-state index contributed by atoms with van der Waals surface area (Å²) < 4.78 is 5.43. The molecule has 0 aliphatic carbocycles. The molecule has 2 atom stereocenters. The van der Waals surface area contributed by atoms with Crippen molar-refractivity contribution in [1.29, 1.82) is 0 Å². The van der Waals surface area contributed by atoms with Crippen molar-refractivity contribution in [3.63, 3.8) is 0 Å². The highest BCUT2D eigenvalue weighted by atomic mass is 35.5. The van der Waals surface area contributed by atoms with Gasteiger partial charge < -0.3 is 25.0 Å². The summed E-state index contributed by atoms with van der Waals surface area (Å²) in [6.07, 6.45) is 2.14. The van der Waals surface area contributed by atoms with Gasteiger partial charge in [0.1, 0.15) is 11.8 Å². The number of hydrogen-bond donors (Lipinski definition) is 3. The average Bonchev–Trinajstić information content (AvgIpc) is 3.30. The van der Waals surface area contributed by atoms with Crippen molar-refractivity contribution < 1.29 is 19.4 Å². The molecule has 3 N–H and O–H groups in total. The van der Waals surface area contributed by atoms with E-state index in [1.165, 1.54) is 7.11 Å². The highest BCUT2D eigenvalue weighted by molar-refractivity contribution is 6.30. The van der Waals surface area contributed by atoms with Crippen molar-refractivity contribution in [2.45, 2.75) is 38.8 Å². The lowest BCUT2D eigenvalue weighted by Crippen LogP contribution is -2.60. The van der Waals surface area contributed by atoms with E-state index in [0.717, 1.165) is 16.5 Å². The van der Waals surface area contributed by atoms with Crippen LogP contribution >= 0.6 is 11.6 Å². The Kier molecular flexibility index (Phi) is 6.90. The minimum absolute atomic E-state index is 0.260. The Morgan fingerprint density at radius 1 is 1.22 bits per heavy atom. The number of aromatic nitrogens is 1. The van der Waals surface area contributed by atoms with Gasteiger partial charge in [0.2, 0.25) is 5.91 Å². The normalized spacial score (nSPS) is 20.1. The molecule has 3 aromatic rings. The van der Waals surface area contributed by atoms with Gasteiger partial charge in [-0.05, 0) is 48.7 Å². The molecule has 190 valence electrons. The molecule has 1 aliphatic rings. The van der Waals surface area contributed by atoms with Gasteiger partial charge in [-0.3, -0.25) is 9.59 Å². The van der Waals surface area contributed by atoms with Crippen LogP contribution in [0.25, 0.3) is 10.9 Å². The van der Waals surface area contributed by atoms with E-state index in [4.69, 9.17) is 16.3 Å². The number of fused-ring (bicyclic) bond motifs is 1. The number of nitrogens with one attached hydrogen (secondary N) is 2. The lowest BCUT2D eigenvalue weighted by Gasteiger charge is -2.51. The number of benzene rings is 2. The van der Waals surface area contributed by atoms with E-state index in [-0.39, 0.29) is 5.91 Å². The first kappa shape index (κ1) is 25.8. The highest BCUT2D eigenvalue weighted by Crippen LogP contribution is 2.46. The Labute approximate surface area is 216 Å². The summed E-state index contributed by atoms with van der Waals surface area (Å²) in [7, 11) is 1.50. The van der Waals surface area contributed by atoms with Crippen molar-refractivity contribution in [2.75, 3.05) is 20.2 Å². The van der Waals surface area contributed by atoms with Crippen LogP contribution in [-0.4, -0.2) is 53.0 Å². The number of aromatic amines is 1. The van der Waals surface area contributed by atoms with E-state index in [9.17, 15) is 14.7 Å². The fourth-order valence-corrected chi connectivity index (χ4v) is 5.11. The van der Waals surface area contributed by atoms with Gasteiger partial charge in [0.15, 0.2) is 0 Å². The largest absolute Gasteiger partial charge is 0.496 e. The maximum atomic E-state index is 13.6. The number of methoxy groups -OCH3 is 1. The second-order valence-electron chi connectivity index (χ2n) is 10.1. The van der Waals surface area contributed by atoms with Crippen molar-refractivity contribution in [2.24, 2.45) is 5.41 Å². The molecular weight excluding hydrogens is 478 g/mol. The third kappa shape index (κ3) is 4.61. The van der Waals surface area contributed by atoms with E-state index < -0.39 is 23.0 Å². The molecule has 0 saturated carbocycles. The molecule has 0 radical (unpaired) electrons. The number of nitrogens with zero attached hydrogens (tertiary/aromatic N) is 1. The molecule has 1 aromatic heterocycles. The van der Waals surface area contributed by atoms with Crippen molar-refractivity contribution >= 4 is 34.3 Å². The molecule has 1 aliphatic heterocycles. The number of piperidine rings is 1. The van der Waals surface area contributed by atoms with Crippen molar-refractivity contribution in [3.8, 4) is 5.75 Å². The molecule has 36 heavy (non-hydrogen) atoms. The molecule has 0 unspecified atom stereocenters. The quantitative estimate of drug-likeness (QED) is 0.421. The first-order valence-corrected chi connectivity index (χ1v) is 12.2. The number of carbonyl (C=O) groups is 2. The van der Waals surface area contributed by atoms with Crippen LogP contribution in [0, 0.1) is 5.41 Å². The number of carbonyl (C=O) groups excluding carboxylic acids is 2. The summed E-state index contributed by atoms with van der Waals surface area (Å²) in [5.74, 6) is -0.281. The Morgan fingerprint density at radius 2 is 1.92 bits per heavy atom. The number of aliphatic hydroxyl groups is 1. The summed E-state index contributed by atoms with van der Waals surface area (Å²) in [6.45, 7) is 10.2. The molecule has 7 nitrogen and oxygen atoms in total. The van der Waals surface area contributed by atoms with E-state index in [1.807, 2.05) is 32.0 Å². The molecular formula is C28H32ClN3O4. The van der Waals surface area contributed by atoms with E-state index in [0.29, 0.717) is 41.4 Å². The SMILES string of the molecule is C=C(C)[C@@H](NC(=O)c1cc2cc[nH]c2cc1OC)C(=O)N1CC[C@](O)(c2ccc(Cl)cc2)C(C)(C)C1. The minimum atomic E-state index is -1.13. The summed E-state index contributed by atoms with van der Waals surface area (Å²) in [5, 5.41) is 16.0. The van der Waals surface area contributed by atoms with Gasteiger partial charge in [-0.15, -0.1) is 0 Å². The smallest absolute Gasteiger partial charge is 0.255 e. The van der Waals surface area contributed by atoms with Crippen LogP contribution in [0.5, 0.6) is 5.75 Å². The number of amides is 2. The second-order valence-corrected chi connectivity index (χ2v) is 10.6. The molecule has 2 amide bonds. The number of halogens is 1. The zero-order valence-corrected chi connectivity index (χ0v) is 21.8. The number of likely N-dealkylation sites (tertiary alicyclic amines) is 1. The van der Waals surface area contributed by atoms with Crippen LogP contribution in [0.2, 0.25) is 5.02 Å². The summed E-state index contributed by atoms with van der Waals surface area (Å²) in [6, 6.07) is 11.6. The zero-order chi connectivity index (χ0) is 26.3. The van der Waals surface area contributed by atoms with Gasteiger partial charge in [0.05, 0.1) is 18.3 Å². The second kappa shape index (κ2) is 9.64. The molecule has 1 fully saturated rings. The first-order chi connectivity index (χ1) is 17.0. The van der Waals surface area contributed by atoms with Crippen LogP contribution in [0.1, 0.15) is 43.1 Å². The van der Waals surface area contributed by atoms with Gasteiger partial charge >= 0.3 is 0 Å². The van der Waals surface area contributed by atoms with Crippen molar-refractivity contribution in [3.05, 3.63) is 77.0 Å². The predicted molar refractivity (Wildman–Crippen MR) is 141 cm³/mol. The fourth-order valence-electron chi connectivity index (χ4n) is 4.99. The number of rotatable bonds is 6. The van der Waals surface area contributed by atoms with Gasteiger partial charge in [-0.2, -0.15) is 0 Å². The maximum Gasteiger partial charge on any atom is 0.255 e. The Bertz CT molecular complexity index is 1310. The predicted octanol–water partition coefficient (Wildman–Crippen LogP) is 4.65. The third-order valence-electron chi connectivity index (χ3n) is 7.22. The maximum absolute atomic E-state index is 13.6. The van der Waals surface area contributed by atoms with Gasteiger partial charge in [-0.1, -0.05) is 44.2 Å². The lowest BCUT2D eigenvalue weighted by atomic mass is 9.66. The van der Waals surface area contributed by atoms with Gasteiger partial charge in [0, 0.05) is 46.7 Å². The number of hydrogen-bond acceptors (Lipinski definition) is 4. The summed E-state index contributed by atoms with van der Waals surface area (Å²) >= 11 is 6.04. The summed E-state index contributed by atoms with van der Waals surface area (Å²) in [5.41, 5.74) is 0.683. The Balaban J connectivity index is 1.55. The molecule has 1 saturated heterocycles. The third-order valence-corrected chi connectivity index (χ3v) is 7.47. The van der Waals surface area contributed by atoms with E-state index in [2.05, 4.69) is 16.9 Å². The monoisotopic (exact) mass is 509 g/mol. The highest BCUT2D eigenvalue weighted by Gasteiger charge is 2.50. The van der Waals surface area contributed by atoms with E-state index in [1.54, 1.807) is 42.3 Å². The van der Waals surface area contributed by atoms with Crippen LogP contribution < -0.4 is 10.1 Å². The molecule has 4 rings (SSSR count). The van der Waals surface area contributed by atoms with Crippen molar-refractivity contribution in [1.82, 2.24) is 15.2 Å². The first-order valence-electron chi connectivity index (χ1n) is 11.9. The fraction of sp³-hybridized carbons (Fsp3) is 0.357. The van der Waals surface area contributed by atoms with Crippen LogP contribution in [0.15, 0.2) is 60.8 Å². The number of ether oxygens (including phenoxy) is 1. The number of H-pyrrole nitrogens is 1. The van der Waals surface area contributed by atoms with Gasteiger partial charge in [0.25, 0.3) is 5.91 Å². The molecule has 0 bridgehead atoms. The van der Waals surface area contributed by atoms with Gasteiger partial charge in [-0.25, -0.2) is 0 Å². The van der Waals surface area contributed by atoms with Crippen LogP contribution in [0.4, 0.5) is 0 Å². The summed E-state index contributed by atoms with van der Waals surface area (Å²) in [4.78, 5) is 31.7. The standard InChI is InChI=1S/C28H32ClN3O4/c1-17(2)24(31-25(33)21-14-18-10-12-30-22(18)15-23(21)36-5)26(34)32-13-11-28(35,27(3,4)16-32)19-6-8-20(29)9-7-19/h6-10,12,14-15,24,30,35H,1,11,13,16H2,2-5H3,(H,31,33)/t24-,28+/m1/s1. The average molecular weight is 510 g/mol. The Morgan fingerprint density at radius 3 is 2.53 bits per heavy atom. The molecule has 2 aromatic carbocycles. The molecule has 0 spiro atoms.